The van der Waals surface area contributed by atoms with Gasteiger partial charge in [0.05, 0.1) is 12.0 Å². The molecule has 0 radical (unpaired) electrons. The van der Waals surface area contributed by atoms with Crippen LogP contribution in [0.15, 0.2) is 24.3 Å². The number of aryl methyl sites for hydroxylation is 2. The summed E-state index contributed by atoms with van der Waals surface area (Å²) in [6.07, 6.45) is 4.51. The number of amidine groups is 1. The zero-order valence-corrected chi connectivity index (χ0v) is 21.6. The maximum absolute atomic E-state index is 13.7. The molecule has 4 N–H and O–H groups in total. The van der Waals surface area contributed by atoms with Gasteiger partial charge in [-0.3, -0.25) is 10.2 Å². The molecule has 4 atom stereocenters. The molecule has 2 aromatic rings. The van der Waals surface area contributed by atoms with Crippen LogP contribution < -0.4 is 5.73 Å². The number of rotatable bonds is 9. The number of urea groups is 1. The van der Waals surface area contributed by atoms with Crippen molar-refractivity contribution in [1.29, 1.82) is 5.41 Å². The van der Waals surface area contributed by atoms with E-state index in [0.29, 0.717) is 25.9 Å². The van der Waals surface area contributed by atoms with E-state index in [1.807, 2.05) is 30.0 Å². The summed E-state index contributed by atoms with van der Waals surface area (Å²) in [5, 5.41) is 18.6. The van der Waals surface area contributed by atoms with Gasteiger partial charge in [-0.25, -0.2) is 4.79 Å². The van der Waals surface area contributed by atoms with Crippen LogP contribution in [-0.2, 0) is 22.5 Å². The highest BCUT2D eigenvalue weighted by Gasteiger charge is 2.44. The van der Waals surface area contributed by atoms with Crippen molar-refractivity contribution in [1.82, 2.24) is 14.4 Å². The number of ether oxygens (including phenoxy) is 1. The van der Waals surface area contributed by atoms with Crippen LogP contribution in [0, 0.1) is 11.3 Å². The molecule has 0 bridgehead atoms. The Kier molecular flexibility index (Phi) is 7.88. The topological polar surface area (TPSA) is 125 Å². The third-order valence-corrected chi connectivity index (χ3v) is 8.08. The maximum atomic E-state index is 13.7. The van der Waals surface area contributed by atoms with Gasteiger partial charge < -0.3 is 29.9 Å². The van der Waals surface area contributed by atoms with Gasteiger partial charge in [0.2, 0.25) is 0 Å². The number of carbonyl (C=O) groups is 2. The molecule has 0 aliphatic carbocycles. The zero-order valence-electron chi connectivity index (χ0n) is 21.6. The molecular weight excluding hydrogens is 458 g/mol. The molecule has 36 heavy (non-hydrogen) atoms. The predicted octanol–water partition coefficient (Wildman–Crippen LogP) is 3.66. The van der Waals surface area contributed by atoms with Crippen LogP contribution in [0.5, 0.6) is 0 Å². The van der Waals surface area contributed by atoms with E-state index in [-0.39, 0.29) is 30.1 Å². The van der Waals surface area contributed by atoms with Gasteiger partial charge in [0.1, 0.15) is 5.84 Å². The SMILES string of the molecule is CCC(C(=O)O)C1CC(OC)CN1C(=O)N1CCC[C@H]1CCc1cc2ccc(C(=N)N)cc2n1CC. The number of benzene rings is 1. The molecule has 9 nitrogen and oxygen atoms in total. The van der Waals surface area contributed by atoms with Gasteiger partial charge in [-0.15, -0.1) is 0 Å². The van der Waals surface area contributed by atoms with Gasteiger partial charge >= 0.3 is 12.0 Å². The Morgan fingerprint density at radius 1 is 1.25 bits per heavy atom. The highest BCUT2D eigenvalue weighted by molar-refractivity contribution is 5.98. The van der Waals surface area contributed by atoms with Crippen molar-refractivity contribution in [3.05, 3.63) is 35.5 Å². The second-order valence-electron chi connectivity index (χ2n) is 10.0. The summed E-state index contributed by atoms with van der Waals surface area (Å²) < 4.78 is 7.80. The quantitative estimate of drug-likeness (QED) is 0.360. The summed E-state index contributed by atoms with van der Waals surface area (Å²) in [7, 11) is 1.63. The molecule has 3 heterocycles. The van der Waals surface area contributed by atoms with E-state index in [1.165, 1.54) is 5.69 Å². The van der Waals surface area contributed by atoms with Crippen molar-refractivity contribution < 1.29 is 19.4 Å². The van der Waals surface area contributed by atoms with E-state index in [1.54, 1.807) is 12.0 Å². The summed E-state index contributed by atoms with van der Waals surface area (Å²) >= 11 is 0. The van der Waals surface area contributed by atoms with Crippen LogP contribution in [0.4, 0.5) is 4.79 Å². The maximum Gasteiger partial charge on any atom is 0.320 e. The molecular formula is C27H39N5O4. The van der Waals surface area contributed by atoms with Gasteiger partial charge in [-0.2, -0.15) is 0 Å². The molecule has 4 rings (SSSR count). The first-order valence-electron chi connectivity index (χ1n) is 13.1. The second-order valence-corrected chi connectivity index (χ2v) is 10.0. The van der Waals surface area contributed by atoms with E-state index < -0.39 is 11.9 Å². The number of carboxylic acid groups (broad SMARTS) is 1. The number of likely N-dealkylation sites (tertiary alicyclic amines) is 2. The highest BCUT2D eigenvalue weighted by Crippen LogP contribution is 2.32. The van der Waals surface area contributed by atoms with Crippen LogP contribution in [0.2, 0.25) is 0 Å². The number of nitrogens with two attached hydrogens (primary N) is 1. The van der Waals surface area contributed by atoms with Crippen molar-refractivity contribution in [3.8, 4) is 0 Å². The lowest BCUT2D eigenvalue weighted by Gasteiger charge is -2.34. The Bertz CT molecular complexity index is 1130. The highest BCUT2D eigenvalue weighted by atomic mass is 16.5. The second kappa shape index (κ2) is 10.9. The number of aliphatic carboxylic acids is 1. The molecule has 196 valence electrons. The summed E-state index contributed by atoms with van der Waals surface area (Å²) in [5.74, 6) is -1.38. The van der Waals surface area contributed by atoms with Crippen molar-refractivity contribution in [2.75, 3.05) is 20.2 Å². The summed E-state index contributed by atoms with van der Waals surface area (Å²) in [6, 6.07) is 7.80. The number of nitrogens with zero attached hydrogens (tertiary/aromatic N) is 3. The van der Waals surface area contributed by atoms with Gasteiger partial charge in [-0.1, -0.05) is 19.1 Å². The number of methoxy groups -OCH3 is 1. The molecule has 2 aliphatic heterocycles. The van der Waals surface area contributed by atoms with Gasteiger partial charge in [0, 0.05) is 55.6 Å². The number of hydrogen-bond donors (Lipinski definition) is 3. The summed E-state index contributed by atoms with van der Waals surface area (Å²) in [5.41, 5.74) is 8.71. The van der Waals surface area contributed by atoms with E-state index in [4.69, 9.17) is 15.9 Å². The van der Waals surface area contributed by atoms with Gasteiger partial charge in [-0.05, 0) is 63.0 Å². The van der Waals surface area contributed by atoms with Crippen LogP contribution in [-0.4, -0.2) is 75.7 Å². The molecule has 2 aliphatic rings. The molecule has 1 aromatic heterocycles. The third-order valence-electron chi connectivity index (χ3n) is 8.08. The van der Waals surface area contributed by atoms with E-state index in [9.17, 15) is 14.7 Å². The molecule has 9 heteroatoms. The molecule has 0 saturated carbocycles. The first-order chi connectivity index (χ1) is 17.3. The van der Waals surface area contributed by atoms with Crippen molar-refractivity contribution in [3.63, 3.8) is 0 Å². The molecule has 0 spiro atoms. The Morgan fingerprint density at radius 2 is 2.03 bits per heavy atom. The fourth-order valence-corrected chi connectivity index (χ4v) is 6.14. The summed E-state index contributed by atoms with van der Waals surface area (Å²) in [4.78, 5) is 29.4. The normalized spacial score (nSPS) is 22.9. The number of amides is 2. The Morgan fingerprint density at radius 3 is 2.67 bits per heavy atom. The fraction of sp³-hybridized carbons (Fsp3) is 0.593. The van der Waals surface area contributed by atoms with Crippen LogP contribution >= 0.6 is 0 Å². The fourth-order valence-electron chi connectivity index (χ4n) is 6.14. The largest absolute Gasteiger partial charge is 0.481 e. The smallest absolute Gasteiger partial charge is 0.320 e. The van der Waals surface area contributed by atoms with Crippen LogP contribution in [0.3, 0.4) is 0 Å². The van der Waals surface area contributed by atoms with Crippen molar-refractivity contribution in [2.45, 2.75) is 77.1 Å². The monoisotopic (exact) mass is 497 g/mol. The third kappa shape index (κ3) is 4.93. The summed E-state index contributed by atoms with van der Waals surface area (Å²) in [6.45, 7) is 5.94. The number of hydrogen-bond acceptors (Lipinski definition) is 4. The Hall–Kier alpha value is -3.07. The number of nitrogens with one attached hydrogen (secondary N) is 1. The number of nitrogen functional groups attached to an aromatic ring is 1. The van der Waals surface area contributed by atoms with Gasteiger partial charge in [0.25, 0.3) is 0 Å². The first kappa shape index (κ1) is 26.0. The molecule has 2 fully saturated rings. The molecule has 2 amide bonds. The van der Waals surface area contributed by atoms with Gasteiger partial charge in [0.15, 0.2) is 0 Å². The van der Waals surface area contributed by atoms with Crippen molar-refractivity contribution >= 4 is 28.7 Å². The zero-order chi connectivity index (χ0) is 26.0. The molecule has 1 aromatic carbocycles. The lowest BCUT2D eigenvalue weighted by molar-refractivity contribution is -0.143. The van der Waals surface area contributed by atoms with Crippen LogP contribution in [0.1, 0.15) is 57.2 Å². The average molecular weight is 498 g/mol. The minimum Gasteiger partial charge on any atom is -0.481 e. The average Bonchev–Trinajstić information content (AvgIpc) is 3.58. The number of carbonyl (C=O) groups excluding carboxylic acids is 1. The standard InChI is InChI=1S/C27H39N5O4/c1-4-22(26(33)34)24-15-21(36-3)16-32(24)27(35)31-12-6-7-19(31)10-11-20-13-17-8-9-18(25(28)29)14-23(17)30(20)5-2/h8-9,13-14,19,21-22,24H,4-7,10-12,15-16H2,1-3H3,(H3,28,29)(H,33,34)/t19-,21?,22?,24?/m0/s1. The van der Waals surface area contributed by atoms with E-state index in [0.717, 1.165) is 48.7 Å². The molecule has 2 saturated heterocycles. The lowest BCUT2D eigenvalue weighted by atomic mass is 9.94. The van der Waals surface area contributed by atoms with E-state index in [2.05, 4.69) is 17.6 Å². The number of carboxylic acids is 1. The first-order valence-corrected chi connectivity index (χ1v) is 13.1. The van der Waals surface area contributed by atoms with Crippen molar-refractivity contribution in [2.24, 2.45) is 11.7 Å². The Balaban J connectivity index is 1.50. The number of aromatic nitrogens is 1. The minimum atomic E-state index is -0.852. The minimum absolute atomic E-state index is 0.0520. The van der Waals surface area contributed by atoms with E-state index >= 15 is 0 Å². The lowest BCUT2D eigenvalue weighted by Crippen LogP contribution is -2.50. The number of fused-ring (bicyclic) bond motifs is 1. The Labute approximate surface area is 212 Å². The molecule has 3 unspecified atom stereocenters. The van der Waals surface area contributed by atoms with Crippen LogP contribution in [0.25, 0.3) is 10.9 Å². The predicted molar refractivity (Wildman–Crippen MR) is 139 cm³/mol.